The molecule has 3 rings (SSSR count). The molecule has 0 spiro atoms. The van der Waals surface area contributed by atoms with E-state index in [1.165, 1.54) is 0 Å². The number of benzene rings is 1. The van der Waals surface area contributed by atoms with Gasteiger partial charge in [-0.2, -0.15) is 4.98 Å². The molecular formula is C20H29N3O5. The van der Waals surface area contributed by atoms with Crippen molar-refractivity contribution in [1.82, 2.24) is 9.88 Å². The maximum atomic E-state index is 5.73. The largest absolute Gasteiger partial charge is 0.497 e. The Morgan fingerprint density at radius 2 is 1.96 bits per heavy atom. The molecule has 154 valence electrons. The lowest BCUT2D eigenvalue weighted by Gasteiger charge is -2.26. The summed E-state index contributed by atoms with van der Waals surface area (Å²) in [7, 11) is 1.65. The van der Waals surface area contributed by atoms with E-state index in [9.17, 15) is 0 Å². The highest BCUT2D eigenvalue weighted by Crippen LogP contribution is 2.20. The molecule has 2 aromatic rings. The molecule has 1 fully saturated rings. The number of nitrogens with zero attached hydrogens (tertiary/aromatic N) is 2. The number of anilines is 1. The third-order valence-electron chi connectivity index (χ3n) is 4.56. The van der Waals surface area contributed by atoms with Crippen molar-refractivity contribution in [2.45, 2.75) is 13.0 Å². The van der Waals surface area contributed by atoms with Crippen molar-refractivity contribution in [3.05, 3.63) is 41.3 Å². The zero-order chi connectivity index (χ0) is 19.6. The molecular weight excluding hydrogens is 362 g/mol. The second-order valence-electron chi connectivity index (χ2n) is 6.57. The van der Waals surface area contributed by atoms with E-state index in [4.69, 9.17) is 29.1 Å². The maximum absolute atomic E-state index is 5.73. The van der Waals surface area contributed by atoms with Gasteiger partial charge in [-0.25, -0.2) is 0 Å². The average molecular weight is 391 g/mol. The van der Waals surface area contributed by atoms with Gasteiger partial charge < -0.3 is 29.1 Å². The van der Waals surface area contributed by atoms with Gasteiger partial charge >= 0.3 is 0 Å². The second-order valence-corrected chi connectivity index (χ2v) is 6.57. The fraction of sp³-hybridized carbons (Fsp3) is 0.550. The van der Waals surface area contributed by atoms with E-state index in [1.807, 2.05) is 24.3 Å². The first-order valence-electron chi connectivity index (χ1n) is 9.57. The molecule has 2 N–H and O–H groups in total. The Hall–Kier alpha value is -2.13. The molecule has 0 bridgehead atoms. The molecule has 0 atom stereocenters. The normalized spacial score (nSPS) is 15.0. The SMILES string of the molecule is COc1cccc(Cc2oc(N)nc2COCCOCCN2CCOCC2)c1. The first-order valence-corrected chi connectivity index (χ1v) is 9.57. The number of rotatable bonds is 11. The van der Waals surface area contributed by atoms with Gasteiger partial charge in [0.2, 0.25) is 0 Å². The Labute approximate surface area is 165 Å². The number of nitrogen functional groups attached to an aromatic ring is 1. The summed E-state index contributed by atoms with van der Waals surface area (Å²) in [6.45, 7) is 6.57. The monoisotopic (exact) mass is 391 g/mol. The second kappa shape index (κ2) is 11.0. The van der Waals surface area contributed by atoms with Crippen LogP contribution in [0.2, 0.25) is 0 Å². The van der Waals surface area contributed by atoms with Gasteiger partial charge in [-0.3, -0.25) is 4.90 Å². The first kappa shape index (κ1) is 20.6. The summed E-state index contributed by atoms with van der Waals surface area (Å²) in [5, 5.41) is 0. The van der Waals surface area contributed by atoms with Crippen LogP contribution in [0.4, 0.5) is 6.01 Å². The fourth-order valence-electron chi connectivity index (χ4n) is 3.03. The minimum Gasteiger partial charge on any atom is -0.497 e. The lowest BCUT2D eigenvalue weighted by Crippen LogP contribution is -2.38. The van der Waals surface area contributed by atoms with Gasteiger partial charge in [0, 0.05) is 26.1 Å². The van der Waals surface area contributed by atoms with Crippen molar-refractivity contribution < 1.29 is 23.4 Å². The van der Waals surface area contributed by atoms with E-state index in [0.29, 0.717) is 44.3 Å². The number of ether oxygens (including phenoxy) is 4. The van der Waals surface area contributed by atoms with Gasteiger partial charge in [-0.1, -0.05) is 12.1 Å². The molecule has 0 radical (unpaired) electrons. The molecule has 2 heterocycles. The minimum absolute atomic E-state index is 0.151. The summed E-state index contributed by atoms with van der Waals surface area (Å²) in [5.74, 6) is 1.51. The molecule has 1 aliphatic heterocycles. The predicted octanol–water partition coefficient (Wildman–Crippen LogP) is 1.72. The summed E-state index contributed by atoms with van der Waals surface area (Å²) >= 11 is 0. The van der Waals surface area contributed by atoms with Crippen molar-refractivity contribution in [1.29, 1.82) is 0 Å². The number of hydrogen-bond acceptors (Lipinski definition) is 8. The lowest BCUT2D eigenvalue weighted by molar-refractivity contribution is 0.00544. The summed E-state index contributed by atoms with van der Waals surface area (Å²) in [6, 6.07) is 7.97. The molecule has 1 aromatic carbocycles. The van der Waals surface area contributed by atoms with Crippen LogP contribution in [0.15, 0.2) is 28.7 Å². The summed E-state index contributed by atoms with van der Waals surface area (Å²) in [6.07, 6.45) is 0.580. The van der Waals surface area contributed by atoms with E-state index < -0.39 is 0 Å². The van der Waals surface area contributed by atoms with Crippen molar-refractivity contribution in [3.63, 3.8) is 0 Å². The van der Waals surface area contributed by atoms with E-state index in [0.717, 1.165) is 44.2 Å². The third-order valence-corrected chi connectivity index (χ3v) is 4.56. The zero-order valence-electron chi connectivity index (χ0n) is 16.4. The van der Waals surface area contributed by atoms with Gasteiger partial charge in [0.25, 0.3) is 6.01 Å². The van der Waals surface area contributed by atoms with Crippen molar-refractivity contribution >= 4 is 6.01 Å². The van der Waals surface area contributed by atoms with E-state index in [1.54, 1.807) is 7.11 Å². The topological polar surface area (TPSA) is 92.2 Å². The highest BCUT2D eigenvalue weighted by molar-refractivity contribution is 5.32. The van der Waals surface area contributed by atoms with Crippen LogP contribution in [0.25, 0.3) is 0 Å². The summed E-state index contributed by atoms with van der Waals surface area (Å²) < 4.78 is 27.5. The van der Waals surface area contributed by atoms with Gasteiger partial charge in [0.1, 0.15) is 17.2 Å². The first-order chi connectivity index (χ1) is 13.7. The number of nitrogens with two attached hydrogens (primary N) is 1. The number of oxazole rings is 1. The van der Waals surface area contributed by atoms with Gasteiger partial charge in [0.05, 0.1) is 46.8 Å². The molecule has 0 saturated carbocycles. The number of aromatic nitrogens is 1. The number of hydrogen-bond donors (Lipinski definition) is 1. The number of methoxy groups -OCH3 is 1. The van der Waals surface area contributed by atoms with E-state index in [-0.39, 0.29) is 6.01 Å². The van der Waals surface area contributed by atoms with Crippen LogP contribution in [-0.4, -0.2) is 69.7 Å². The molecule has 1 aliphatic rings. The van der Waals surface area contributed by atoms with Gasteiger partial charge in [-0.05, 0) is 17.7 Å². The molecule has 8 nitrogen and oxygen atoms in total. The Bertz CT molecular complexity index is 716. The van der Waals surface area contributed by atoms with Crippen molar-refractivity contribution in [3.8, 4) is 5.75 Å². The predicted molar refractivity (Wildman–Crippen MR) is 104 cm³/mol. The van der Waals surface area contributed by atoms with Crippen LogP contribution in [0.3, 0.4) is 0 Å². The zero-order valence-corrected chi connectivity index (χ0v) is 16.4. The van der Waals surface area contributed by atoms with Crippen LogP contribution < -0.4 is 10.5 Å². The molecule has 1 aromatic heterocycles. The number of morpholine rings is 1. The molecule has 0 unspecified atom stereocenters. The quantitative estimate of drug-likeness (QED) is 0.579. The maximum Gasteiger partial charge on any atom is 0.292 e. The molecule has 8 heteroatoms. The van der Waals surface area contributed by atoms with Crippen LogP contribution in [0.1, 0.15) is 17.0 Å². The summed E-state index contributed by atoms with van der Waals surface area (Å²) in [4.78, 5) is 6.58. The Balaban J connectivity index is 1.37. The Morgan fingerprint density at radius 1 is 1.14 bits per heavy atom. The third kappa shape index (κ3) is 6.49. The van der Waals surface area contributed by atoms with Crippen LogP contribution in [0.5, 0.6) is 5.75 Å². The molecule has 0 aliphatic carbocycles. The smallest absolute Gasteiger partial charge is 0.292 e. The highest BCUT2D eigenvalue weighted by Gasteiger charge is 2.13. The molecule has 28 heavy (non-hydrogen) atoms. The summed E-state index contributed by atoms with van der Waals surface area (Å²) in [5.41, 5.74) is 7.51. The highest BCUT2D eigenvalue weighted by atomic mass is 16.5. The Morgan fingerprint density at radius 3 is 2.79 bits per heavy atom. The van der Waals surface area contributed by atoms with Gasteiger partial charge in [-0.15, -0.1) is 0 Å². The van der Waals surface area contributed by atoms with Crippen LogP contribution in [-0.2, 0) is 27.2 Å². The van der Waals surface area contributed by atoms with E-state index in [2.05, 4.69) is 9.88 Å². The van der Waals surface area contributed by atoms with Crippen molar-refractivity contribution in [2.24, 2.45) is 0 Å². The minimum atomic E-state index is 0.151. The molecule has 1 saturated heterocycles. The van der Waals surface area contributed by atoms with Gasteiger partial charge in [0.15, 0.2) is 0 Å². The van der Waals surface area contributed by atoms with E-state index >= 15 is 0 Å². The lowest BCUT2D eigenvalue weighted by atomic mass is 10.1. The molecule has 0 amide bonds. The fourth-order valence-corrected chi connectivity index (χ4v) is 3.03. The average Bonchev–Trinajstić information content (AvgIpc) is 3.07. The van der Waals surface area contributed by atoms with Crippen LogP contribution in [0, 0.1) is 0 Å². The standard InChI is InChI=1S/C20H29N3O5/c1-24-17-4-2-3-16(13-17)14-19-18(22-20(21)28-19)15-27-12-11-26-10-7-23-5-8-25-9-6-23/h2-4,13H,5-12,14-15H2,1H3,(H2,21,22). The van der Waals surface area contributed by atoms with Crippen LogP contribution >= 0.6 is 0 Å². The van der Waals surface area contributed by atoms with Crippen molar-refractivity contribution in [2.75, 3.05) is 65.5 Å². The Kier molecular flexibility index (Phi) is 8.10.